The van der Waals surface area contributed by atoms with Gasteiger partial charge in [-0.05, 0) is 52.9 Å². The van der Waals surface area contributed by atoms with E-state index in [-0.39, 0.29) is 0 Å². The molecule has 0 radical (unpaired) electrons. The zero-order chi connectivity index (χ0) is 34.2. The van der Waals surface area contributed by atoms with E-state index in [0.29, 0.717) is 17.6 Å². The molecule has 0 saturated heterocycles. The summed E-state index contributed by atoms with van der Waals surface area (Å²) in [5.41, 5.74) is 10.6. The second kappa shape index (κ2) is 11.2. The number of rotatable bonds is 4. The molecule has 7 aromatic carbocycles. The lowest BCUT2D eigenvalue weighted by Gasteiger charge is -2.31. The summed E-state index contributed by atoms with van der Waals surface area (Å²) in [5, 5.41) is 5.28. The zero-order valence-corrected chi connectivity index (χ0v) is 27.7. The quantitative estimate of drug-likeness (QED) is 0.174. The van der Waals surface area contributed by atoms with Crippen LogP contribution in [0.15, 0.2) is 168 Å². The van der Waals surface area contributed by atoms with Crippen LogP contribution in [-0.2, 0) is 0 Å². The molecule has 0 bridgehead atoms. The Balaban J connectivity index is 1.20. The molecule has 242 valence electrons. The first-order chi connectivity index (χ1) is 25.8. The highest BCUT2D eigenvalue weighted by Crippen LogP contribution is 2.51. The molecule has 1 aliphatic heterocycles. The van der Waals surface area contributed by atoms with Gasteiger partial charge >= 0.3 is 0 Å². The van der Waals surface area contributed by atoms with E-state index in [4.69, 9.17) is 24.4 Å². The summed E-state index contributed by atoms with van der Waals surface area (Å²) >= 11 is 0. The predicted molar refractivity (Wildman–Crippen MR) is 210 cm³/mol. The van der Waals surface area contributed by atoms with Crippen molar-refractivity contribution in [2.75, 3.05) is 4.90 Å². The van der Waals surface area contributed by atoms with Crippen LogP contribution in [0.4, 0.5) is 17.3 Å². The molecule has 11 rings (SSSR count). The number of pyridine rings is 1. The summed E-state index contributed by atoms with van der Waals surface area (Å²) in [5.74, 6) is 1.68. The van der Waals surface area contributed by atoms with Gasteiger partial charge in [-0.2, -0.15) is 9.97 Å². The molecule has 0 atom stereocenters. The minimum absolute atomic E-state index is 0.525. The molecule has 1 aliphatic rings. The van der Waals surface area contributed by atoms with Gasteiger partial charge in [-0.3, -0.25) is 4.90 Å². The van der Waals surface area contributed by atoms with Crippen LogP contribution in [0.1, 0.15) is 0 Å². The molecule has 3 aromatic heterocycles. The number of furan rings is 1. The van der Waals surface area contributed by atoms with Crippen LogP contribution in [0, 0.1) is 0 Å². The summed E-state index contributed by atoms with van der Waals surface area (Å²) in [6.45, 7) is 0. The molecule has 52 heavy (non-hydrogen) atoms. The molecule has 0 spiro atoms. The fourth-order valence-electron chi connectivity index (χ4n) is 7.71. The van der Waals surface area contributed by atoms with Crippen LogP contribution >= 0.6 is 0 Å². The second-order valence-electron chi connectivity index (χ2n) is 13.0. The van der Waals surface area contributed by atoms with E-state index >= 15 is 0 Å². The molecule has 6 nitrogen and oxygen atoms in total. The summed E-state index contributed by atoms with van der Waals surface area (Å²) in [6.07, 6.45) is 0. The van der Waals surface area contributed by atoms with Crippen LogP contribution in [0.5, 0.6) is 0 Å². The van der Waals surface area contributed by atoms with Crippen molar-refractivity contribution in [3.63, 3.8) is 0 Å². The van der Waals surface area contributed by atoms with Gasteiger partial charge in [0.25, 0.3) is 0 Å². The number of anilines is 3. The number of hydrogen-bond donors (Lipinski definition) is 0. The molecule has 0 fully saturated rings. The third kappa shape index (κ3) is 4.31. The minimum atomic E-state index is 0.525. The van der Waals surface area contributed by atoms with Gasteiger partial charge in [0.15, 0.2) is 11.6 Å². The fourth-order valence-corrected chi connectivity index (χ4v) is 7.71. The summed E-state index contributed by atoms with van der Waals surface area (Å²) < 4.78 is 6.28. The van der Waals surface area contributed by atoms with Gasteiger partial charge in [0.2, 0.25) is 5.95 Å². The van der Waals surface area contributed by atoms with E-state index < -0.39 is 0 Å². The molecular formula is C46H27N5O. The highest BCUT2D eigenvalue weighted by Gasteiger charge is 2.30. The van der Waals surface area contributed by atoms with Crippen molar-refractivity contribution in [3.8, 4) is 45.2 Å². The van der Waals surface area contributed by atoms with E-state index in [2.05, 4.69) is 102 Å². The van der Waals surface area contributed by atoms with Gasteiger partial charge in [0, 0.05) is 38.2 Å². The summed E-state index contributed by atoms with van der Waals surface area (Å²) in [6, 6.07) is 56.2. The third-order valence-corrected chi connectivity index (χ3v) is 10.0. The molecule has 0 N–H and O–H groups in total. The van der Waals surface area contributed by atoms with Gasteiger partial charge in [0.05, 0.1) is 22.6 Å². The largest absolute Gasteiger partial charge is 0.456 e. The van der Waals surface area contributed by atoms with Gasteiger partial charge < -0.3 is 4.42 Å². The van der Waals surface area contributed by atoms with Crippen molar-refractivity contribution in [2.45, 2.75) is 0 Å². The van der Waals surface area contributed by atoms with Crippen molar-refractivity contribution in [1.82, 2.24) is 19.9 Å². The first-order valence-corrected chi connectivity index (χ1v) is 17.3. The number of para-hydroxylation sites is 2. The molecule has 0 saturated carbocycles. The third-order valence-electron chi connectivity index (χ3n) is 10.0. The van der Waals surface area contributed by atoms with E-state index in [0.717, 1.165) is 82.9 Å². The van der Waals surface area contributed by atoms with Crippen LogP contribution in [0.25, 0.3) is 88.8 Å². The number of nitrogens with zero attached hydrogens (tertiary/aromatic N) is 5. The highest BCUT2D eigenvalue weighted by molar-refractivity contribution is 6.20. The average Bonchev–Trinajstić information content (AvgIpc) is 3.60. The Morgan fingerprint density at radius 2 is 1.08 bits per heavy atom. The van der Waals surface area contributed by atoms with E-state index in [9.17, 15) is 0 Å². The normalized spacial score (nSPS) is 12.2. The maximum atomic E-state index is 6.28. The van der Waals surface area contributed by atoms with Gasteiger partial charge in [-0.25, -0.2) is 9.97 Å². The number of fused-ring (bicyclic) bond motifs is 7. The number of benzene rings is 7. The molecule has 4 heterocycles. The monoisotopic (exact) mass is 665 g/mol. The molecular weight excluding hydrogens is 639 g/mol. The maximum Gasteiger partial charge on any atom is 0.238 e. The van der Waals surface area contributed by atoms with Crippen molar-refractivity contribution < 1.29 is 4.42 Å². The molecule has 10 aromatic rings. The lowest BCUT2D eigenvalue weighted by molar-refractivity contribution is 0.669. The van der Waals surface area contributed by atoms with Gasteiger partial charge in [-0.1, -0.05) is 127 Å². The van der Waals surface area contributed by atoms with Crippen molar-refractivity contribution in [3.05, 3.63) is 164 Å². The Morgan fingerprint density at radius 3 is 1.96 bits per heavy atom. The lowest BCUT2D eigenvalue weighted by atomic mass is 9.92. The minimum Gasteiger partial charge on any atom is -0.456 e. The predicted octanol–water partition coefficient (Wildman–Crippen LogP) is 11.9. The van der Waals surface area contributed by atoms with E-state index in [1.165, 1.54) is 5.56 Å². The van der Waals surface area contributed by atoms with Crippen LogP contribution in [0.2, 0.25) is 0 Å². The van der Waals surface area contributed by atoms with E-state index in [1.54, 1.807) is 0 Å². The standard InChI is InChI=1S/C46H27N5O/c1-3-13-28(14-4-1)30-25-26-36-35(27-30)31-19-11-22-38-42(31)43(47-36)32-17-7-9-21-37(32)51(38)46-49-44(29-15-5-2-6-16-29)48-45(50-46)34-20-12-24-40-41(34)33-18-8-10-23-39(33)52-40/h1-27H. The summed E-state index contributed by atoms with van der Waals surface area (Å²) in [4.78, 5) is 23.2. The van der Waals surface area contributed by atoms with Crippen molar-refractivity contribution in [2.24, 2.45) is 0 Å². The highest BCUT2D eigenvalue weighted by atomic mass is 16.3. The Bertz CT molecular complexity index is 3030. The molecule has 0 amide bonds. The Labute approximate surface area is 298 Å². The molecule has 6 heteroatoms. The van der Waals surface area contributed by atoms with Crippen molar-refractivity contribution >= 4 is 60.9 Å². The summed E-state index contributed by atoms with van der Waals surface area (Å²) in [7, 11) is 0. The number of hydrogen-bond acceptors (Lipinski definition) is 6. The van der Waals surface area contributed by atoms with Crippen LogP contribution in [-0.4, -0.2) is 19.9 Å². The molecule has 0 aliphatic carbocycles. The van der Waals surface area contributed by atoms with Gasteiger partial charge in [0.1, 0.15) is 11.2 Å². The number of aromatic nitrogens is 4. The zero-order valence-electron chi connectivity index (χ0n) is 27.7. The molecule has 0 unspecified atom stereocenters. The SMILES string of the molecule is c1ccc(-c2ccc3nc4c5c(cccc5c3c2)N(c2nc(-c3ccccc3)nc(-c3cccc5oc6ccccc6c35)n2)c2ccccc2-4)cc1. The Kier molecular flexibility index (Phi) is 6.15. The van der Waals surface area contributed by atoms with E-state index in [1.807, 2.05) is 66.7 Å². The van der Waals surface area contributed by atoms with Crippen molar-refractivity contribution in [1.29, 1.82) is 0 Å². The van der Waals surface area contributed by atoms with Gasteiger partial charge in [-0.15, -0.1) is 0 Å². The topological polar surface area (TPSA) is 67.9 Å². The average molecular weight is 666 g/mol. The first kappa shape index (κ1) is 28.6. The fraction of sp³-hybridized carbons (Fsp3) is 0. The first-order valence-electron chi connectivity index (χ1n) is 17.3. The maximum absolute atomic E-state index is 6.28. The Morgan fingerprint density at radius 1 is 0.404 bits per heavy atom. The van der Waals surface area contributed by atoms with Crippen LogP contribution in [0.3, 0.4) is 0 Å². The second-order valence-corrected chi connectivity index (χ2v) is 13.0. The smallest absolute Gasteiger partial charge is 0.238 e. The van der Waals surface area contributed by atoms with Crippen LogP contribution < -0.4 is 4.90 Å². The lowest BCUT2D eigenvalue weighted by Crippen LogP contribution is -2.19. The Hall–Kier alpha value is -7.18.